The first-order chi connectivity index (χ1) is 9.24. The molecular weight excluding hydrogens is 240 g/mol. The monoisotopic (exact) mass is 262 g/mol. The molecule has 1 aromatic rings. The normalized spacial score (nSPS) is 16.4. The largest absolute Gasteiger partial charge is 0.466 e. The molecule has 1 fully saturated rings. The molecule has 1 heterocycles. The Bertz CT molecular complexity index is 409. The van der Waals surface area contributed by atoms with Gasteiger partial charge < -0.3 is 15.4 Å². The van der Waals surface area contributed by atoms with E-state index in [1.807, 2.05) is 6.92 Å². The van der Waals surface area contributed by atoms with Crippen molar-refractivity contribution in [1.82, 2.24) is 0 Å². The highest BCUT2D eigenvalue weighted by Crippen LogP contribution is 2.24. The van der Waals surface area contributed by atoms with Crippen molar-refractivity contribution in [3.8, 4) is 0 Å². The third kappa shape index (κ3) is 3.47. The van der Waals surface area contributed by atoms with E-state index in [1.54, 1.807) is 0 Å². The summed E-state index contributed by atoms with van der Waals surface area (Å²) in [6.07, 6.45) is 1.74. The Morgan fingerprint density at radius 1 is 1.32 bits per heavy atom. The first kappa shape index (κ1) is 13.9. The molecule has 4 nitrogen and oxygen atoms in total. The Labute approximate surface area is 114 Å². The van der Waals surface area contributed by atoms with Gasteiger partial charge in [-0.1, -0.05) is 12.1 Å². The number of hydrogen-bond acceptors (Lipinski definition) is 4. The summed E-state index contributed by atoms with van der Waals surface area (Å²) >= 11 is 0. The van der Waals surface area contributed by atoms with Gasteiger partial charge in [0, 0.05) is 25.3 Å². The number of hydrogen-bond donors (Lipinski definition) is 1. The SMILES string of the molecule is CCOC(=O)C1CCN(c2ccc(CN)cc2)CC1. The van der Waals surface area contributed by atoms with Crippen molar-refractivity contribution in [2.45, 2.75) is 26.3 Å². The number of piperidine rings is 1. The van der Waals surface area contributed by atoms with E-state index in [-0.39, 0.29) is 11.9 Å². The van der Waals surface area contributed by atoms with E-state index in [0.29, 0.717) is 13.2 Å². The fourth-order valence-corrected chi connectivity index (χ4v) is 2.48. The lowest BCUT2D eigenvalue weighted by molar-refractivity contribution is -0.148. The Hall–Kier alpha value is -1.55. The molecule has 2 N–H and O–H groups in total. The molecular formula is C15H22N2O2. The molecule has 2 rings (SSSR count). The molecule has 0 radical (unpaired) electrons. The molecule has 19 heavy (non-hydrogen) atoms. The maximum Gasteiger partial charge on any atom is 0.309 e. The Balaban J connectivity index is 1.90. The van der Waals surface area contributed by atoms with Gasteiger partial charge in [0.2, 0.25) is 0 Å². The molecule has 0 atom stereocenters. The third-order valence-corrected chi connectivity index (χ3v) is 3.65. The molecule has 104 valence electrons. The number of esters is 1. The van der Waals surface area contributed by atoms with Gasteiger partial charge in [0.1, 0.15) is 0 Å². The molecule has 1 aromatic carbocycles. The third-order valence-electron chi connectivity index (χ3n) is 3.65. The van der Waals surface area contributed by atoms with Crippen LogP contribution in [-0.4, -0.2) is 25.7 Å². The summed E-state index contributed by atoms with van der Waals surface area (Å²) in [5, 5.41) is 0. The zero-order valence-electron chi connectivity index (χ0n) is 11.5. The standard InChI is InChI=1S/C15H22N2O2/c1-2-19-15(18)13-7-9-17(10-8-13)14-5-3-12(11-16)4-6-14/h3-6,13H,2,7-11,16H2,1H3. The highest BCUT2D eigenvalue weighted by atomic mass is 16.5. The lowest BCUT2D eigenvalue weighted by Gasteiger charge is -2.32. The Kier molecular flexibility index (Phi) is 4.80. The topological polar surface area (TPSA) is 55.6 Å². The first-order valence-electron chi connectivity index (χ1n) is 6.95. The molecule has 0 bridgehead atoms. The van der Waals surface area contributed by atoms with Gasteiger partial charge in [-0.2, -0.15) is 0 Å². The zero-order chi connectivity index (χ0) is 13.7. The van der Waals surface area contributed by atoms with Crippen molar-refractivity contribution in [2.75, 3.05) is 24.6 Å². The number of rotatable bonds is 4. The molecule has 0 unspecified atom stereocenters. The van der Waals surface area contributed by atoms with Crippen LogP contribution in [0.4, 0.5) is 5.69 Å². The van der Waals surface area contributed by atoms with Crippen LogP contribution < -0.4 is 10.6 Å². The number of carbonyl (C=O) groups excluding carboxylic acids is 1. The number of carbonyl (C=O) groups is 1. The van der Waals surface area contributed by atoms with Crippen LogP contribution in [0.3, 0.4) is 0 Å². The lowest BCUT2D eigenvalue weighted by Crippen LogP contribution is -2.36. The number of nitrogens with two attached hydrogens (primary N) is 1. The zero-order valence-corrected chi connectivity index (χ0v) is 11.5. The van der Waals surface area contributed by atoms with E-state index in [0.717, 1.165) is 31.5 Å². The highest BCUT2D eigenvalue weighted by molar-refractivity contribution is 5.72. The average Bonchev–Trinajstić information content (AvgIpc) is 2.48. The second-order valence-corrected chi connectivity index (χ2v) is 4.88. The second kappa shape index (κ2) is 6.57. The molecule has 0 amide bonds. The maximum atomic E-state index is 11.7. The van der Waals surface area contributed by atoms with E-state index in [4.69, 9.17) is 10.5 Å². The number of ether oxygens (including phenoxy) is 1. The summed E-state index contributed by atoms with van der Waals surface area (Å²) in [6, 6.07) is 8.33. The van der Waals surface area contributed by atoms with Crippen LogP contribution in [0.1, 0.15) is 25.3 Å². The van der Waals surface area contributed by atoms with Crippen LogP contribution in [0.5, 0.6) is 0 Å². The van der Waals surface area contributed by atoms with Gasteiger partial charge in [-0.15, -0.1) is 0 Å². The molecule has 4 heteroatoms. The predicted molar refractivity (Wildman–Crippen MR) is 75.9 cm³/mol. The quantitative estimate of drug-likeness (QED) is 0.842. The molecule has 1 aliphatic rings. The Morgan fingerprint density at radius 3 is 2.47 bits per heavy atom. The molecule has 0 aliphatic carbocycles. The summed E-state index contributed by atoms with van der Waals surface area (Å²) in [5.74, 6) is 0.0279. The highest BCUT2D eigenvalue weighted by Gasteiger charge is 2.25. The summed E-state index contributed by atoms with van der Waals surface area (Å²) < 4.78 is 5.08. The van der Waals surface area contributed by atoms with Gasteiger partial charge in [-0.05, 0) is 37.5 Å². The first-order valence-corrected chi connectivity index (χ1v) is 6.95. The summed E-state index contributed by atoms with van der Waals surface area (Å²) in [4.78, 5) is 14.0. The molecule has 0 aromatic heterocycles. The average molecular weight is 262 g/mol. The number of nitrogens with zero attached hydrogens (tertiary/aromatic N) is 1. The van der Waals surface area contributed by atoms with Crippen LogP contribution in [0, 0.1) is 5.92 Å². The van der Waals surface area contributed by atoms with E-state index >= 15 is 0 Å². The van der Waals surface area contributed by atoms with Crippen molar-refractivity contribution in [3.63, 3.8) is 0 Å². The van der Waals surface area contributed by atoms with Crippen molar-refractivity contribution < 1.29 is 9.53 Å². The minimum absolute atomic E-state index is 0.0411. The summed E-state index contributed by atoms with van der Waals surface area (Å²) in [5.41, 5.74) is 7.94. The van der Waals surface area contributed by atoms with Gasteiger partial charge >= 0.3 is 5.97 Å². The minimum atomic E-state index is -0.0411. The summed E-state index contributed by atoms with van der Waals surface area (Å²) in [6.45, 7) is 4.72. The van der Waals surface area contributed by atoms with E-state index in [1.165, 1.54) is 5.69 Å². The predicted octanol–water partition coefficient (Wildman–Crippen LogP) is 1.92. The van der Waals surface area contributed by atoms with Crippen molar-refractivity contribution in [1.29, 1.82) is 0 Å². The lowest BCUT2D eigenvalue weighted by atomic mass is 9.96. The maximum absolute atomic E-state index is 11.7. The van der Waals surface area contributed by atoms with E-state index in [9.17, 15) is 4.79 Å². The second-order valence-electron chi connectivity index (χ2n) is 4.88. The fourth-order valence-electron chi connectivity index (χ4n) is 2.48. The molecule has 1 saturated heterocycles. The summed E-state index contributed by atoms with van der Waals surface area (Å²) in [7, 11) is 0. The van der Waals surface area contributed by atoms with Crippen LogP contribution in [0.15, 0.2) is 24.3 Å². The van der Waals surface area contributed by atoms with Gasteiger partial charge in [-0.3, -0.25) is 4.79 Å². The van der Waals surface area contributed by atoms with Crippen molar-refractivity contribution in [3.05, 3.63) is 29.8 Å². The van der Waals surface area contributed by atoms with Crippen LogP contribution in [-0.2, 0) is 16.1 Å². The van der Waals surface area contributed by atoms with Crippen molar-refractivity contribution >= 4 is 11.7 Å². The van der Waals surface area contributed by atoms with Gasteiger partial charge in [0.05, 0.1) is 12.5 Å². The van der Waals surface area contributed by atoms with Crippen LogP contribution in [0.25, 0.3) is 0 Å². The van der Waals surface area contributed by atoms with E-state index in [2.05, 4.69) is 29.2 Å². The van der Waals surface area contributed by atoms with Crippen LogP contribution >= 0.6 is 0 Å². The Morgan fingerprint density at radius 2 is 1.95 bits per heavy atom. The minimum Gasteiger partial charge on any atom is -0.466 e. The molecule has 0 spiro atoms. The van der Waals surface area contributed by atoms with Crippen molar-refractivity contribution in [2.24, 2.45) is 11.7 Å². The van der Waals surface area contributed by atoms with Gasteiger partial charge in [0.15, 0.2) is 0 Å². The fraction of sp³-hybridized carbons (Fsp3) is 0.533. The van der Waals surface area contributed by atoms with E-state index < -0.39 is 0 Å². The van der Waals surface area contributed by atoms with Gasteiger partial charge in [-0.25, -0.2) is 0 Å². The molecule has 1 aliphatic heterocycles. The smallest absolute Gasteiger partial charge is 0.309 e. The van der Waals surface area contributed by atoms with Gasteiger partial charge in [0.25, 0.3) is 0 Å². The molecule has 0 saturated carbocycles. The van der Waals surface area contributed by atoms with Crippen LogP contribution in [0.2, 0.25) is 0 Å². The number of benzene rings is 1. The number of anilines is 1.